The summed E-state index contributed by atoms with van der Waals surface area (Å²) >= 11 is 5.90. The van der Waals surface area contributed by atoms with Crippen LogP contribution in [0.1, 0.15) is 5.76 Å². The number of pyridine rings is 1. The molecule has 3 aromatic rings. The second-order valence-corrected chi connectivity index (χ2v) is 7.52. The van der Waals surface area contributed by atoms with Gasteiger partial charge in [-0.15, -0.1) is 0 Å². The molecule has 0 spiro atoms. The Kier molecular flexibility index (Phi) is 5.62. The fraction of sp³-hybridized carbons (Fsp3) is 0.118. The molecule has 0 aliphatic rings. The summed E-state index contributed by atoms with van der Waals surface area (Å²) in [5.41, 5.74) is 0. The van der Waals surface area contributed by atoms with Crippen LogP contribution in [0.5, 0.6) is 5.75 Å². The van der Waals surface area contributed by atoms with E-state index in [1.54, 1.807) is 24.3 Å². The van der Waals surface area contributed by atoms with Crippen LogP contribution >= 0.6 is 11.6 Å². The third-order valence-electron chi connectivity index (χ3n) is 3.49. The predicted molar refractivity (Wildman–Crippen MR) is 94.4 cm³/mol. The minimum Gasteiger partial charge on any atom is -0.467 e. The van der Waals surface area contributed by atoms with Gasteiger partial charge < -0.3 is 9.15 Å². The first-order chi connectivity index (χ1) is 12.9. The van der Waals surface area contributed by atoms with Gasteiger partial charge >= 0.3 is 6.61 Å². The van der Waals surface area contributed by atoms with Gasteiger partial charge in [-0.2, -0.15) is 8.78 Å². The quantitative estimate of drug-likeness (QED) is 0.575. The SMILES string of the molecule is O=S(=O)(c1ccc(OC(F)F)c(Cl)c1)N(Cc1ccco1)c1ccccn1. The molecular weight excluding hydrogens is 402 g/mol. The van der Waals surface area contributed by atoms with Crippen molar-refractivity contribution in [2.45, 2.75) is 18.1 Å². The lowest BCUT2D eigenvalue weighted by Gasteiger charge is -2.22. The summed E-state index contributed by atoms with van der Waals surface area (Å²) in [6, 6.07) is 11.3. The Labute approximate surface area is 159 Å². The molecule has 0 radical (unpaired) electrons. The highest BCUT2D eigenvalue weighted by atomic mass is 35.5. The average molecular weight is 415 g/mol. The Morgan fingerprint density at radius 2 is 2.00 bits per heavy atom. The number of hydrogen-bond acceptors (Lipinski definition) is 5. The van der Waals surface area contributed by atoms with Gasteiger partial charge in [-0.25, -0.2) is 17.7 Å². The molecule has 2 aromatic heterocycles. The van der Waals surface area contributed by atoms with Crippen molar-refractivity contribution in [3.63, 3.8) is 0 Å². The first kappa shape index (κ1) is 19.1. The van der Waals surface area contributed by atoms with Crippen LogP contribution in [-0.4, -0.2) is 20.0 Å². The number of alkyl halides is 2. The van der Waals surface area contributed by atoms with Crippen molar-refractivity contribution >= 4 is 27.4 Å². The molecule has 0 unspecified atom stereocenters. The average Bonchev–Trinajstić information content (AvgIpc) is 3.15. The lowest BCUT2D eigenvalue weighted by Crippen LogP contribution is -2.31. The molecule has 0 aliphatic heterocycles. The minimum absolute atomic E-state index is 0.112. The van der Waals surface area contributed by atoms with E-state index < -0.39 is 16.6 Å². The third-order valence-corrected chi connectivity index (χ3v) is 5.53. The minimum atomic E-state index is -4.11. The molecule has 0 fully saturated rings. The lowest BCUT2D eigenvalue weighted by molar-refractivity contribution is -0.0498. The molecule has 0 aliphatic carbocycles. The van der Waals surface area contributed by atoms with Gasteiger partial charge in [-0.05, 0) is 42.5 Å². The van der Waals surface area contributed by atoms with Crippen molar-refractivity contribution in [3.05, 3.63) is 71.8 Å². The van der Waals surface area contributed by atoms with Crippen molar-refractivity contribution in [3.8, 4) is 5.75 Å². The van der Waals surface area contributed by atoms with Crippen LogP contribution in [0.15, 0.2) is 70.3 Å². The highest BCUT2D eigenvalue weighted by molar-refractivity contribution is 7.92. The molecule has 0 bridgehead atoms. The zero-order valence-electron chi connectivity index (χ0n) is 13.6. The molecule has 0 amide bonds. The summed E-state index contributed by atoms with van der Waals surface area (Å²) in [7, 11) is -4.11. The third kappa shape index (κ3) is 4.37. The fourth-order valence-corrected chi connectivity index (χ4v) is 4.00. The molecule has 27 heavy (non-hydrogen) atoms. The molecule has 0 N–H and O–H groups in total. The number of halogens is 3. The Balaban J connectivity index is 2.01. The van der Waals surface area contributed by atoms with E-state index in [-0.39, 0.29) is 28.0 Å². The first-order valence-electron chi connectivity index (χ1n) is 7.58. The maximum Gasteiger partial charge on any atom is 0.387 e. The van der Waals surface area contributed by atoms with Gasteiger partial charge in [0.1, 0.15) is 17.3 Å². The van der Waals surface area contributed by atoms with E-state index in [1.165, 1.54) is 18.5 Å². The molecular formula is C17H13ClF2N2O4S. The molecule has 2 heterocycles. The topological polar surface area (TPSA) is 72.6 Å². The number of rotatable bonds is 7. The van der Waals surface area contributed by atoms with E-state index in [9.17, 15) is 17.2 Å². The molecule has 3 rings (SSSR count). The van der Waals surface area contributed by atoms with Crippen LogP contribution in [0.25, 0.3) is 0 Å². The number of hydrogen-bond donors (Lipinski definition) is 0. The van der Waals surface area contributed by atoms with Crippen LogP contribution in [0, 0.1) is 0 Å². The van der Waals surface area contributed by atoms with E-state index in [4.69, 9.17) is 16.0 Å². The first-order valence-corrected chi connectivity index (χ1v) is 9.40. The van der Waals surface area contributed by atoms with Gasteiger partial charge in [0.05, 0.1) is 22.7 Å². The fourth-order valence-electron chi connectivity index (χ4n) is 2.30. The van der Waals surface area contributed by atoms with E-state index >= 15 is 0 Å². The largest absolute Gasteiger partial charge is 0.467 e. The molecule has 0 saturated heterocycles. The number of aromatic nitrogens is 1. The zero-order valence-corrected chi connectivity index (χ0v) is 15.2. The monoisotopic (exact) mass is 414 g/mol. The van der Waals surface area contributed by atoms with Crippen molar-refractivity contribution in [1.82, 2.24) is 4.98 Å². The molecule has 1 aromatic carbocycles. The summed E-state index contributed by atoms with van der Waals surface area (Å²) in [6.45, 7) is -3.19. The molecule has 142 valence electrons. The summed E-state index contributed by atoms with van der Waals surface area (Å²) in [5, 5.41) is -0.254. The summed E-state index contributed by atoms with van der Waals surface area (Å²) < 4.78 is 61.5. The number of anilines is 1. The van der Waals surface area contributed by atoms with Gasteiger partial charge in [0.25, 0.3) is 10.0 Å². The van der Waals surface area contributed by atoms with E-state index in [2.05, 4.69) is 9.72 Å². The highest BCUT2D eigenvalue weighted by Crippen LogP contribution is 2.31. The smallest absolute Gasteiger partial charge is 0.387 e. The van der Waals surface area contributed by atoms with Crippen LogP contribution in [0.2, 0.25) is 5.02 Å². The van der Waals surface area contributed by atoms with Gasteiger partial charge in [0.2, 0.25) is 0 Å². The Morgan fingerprint density at radius 1 is 1.19 bits per heavy atom. The van der Waals surface area contributed by atoms with Gasteiger partial charge in [0.15, 0.2) is 0 Å². The second-order valence-electron chi connectivity index (χ2n) is 5.25. The normalized spacial score (nSPS) is 11.6. The van der Waals surface area contributed by atoms with E-state index in [0.29, 0.717) is 5.76 Å². The Hall–Kier alpha value is -2.65. The molecule has 0 saturated carbocycles. The standard InChI is InChI=1S/C17H13ClF2N2O4S/c18-14-10-13(6-7-15(14)26-17(19)20)27(23,24)22(11-12-4-3-9-25-12)16-5-1-2-8-21-16/h1-10,17H,11H2. The molecule has 10 heteroatoms. The van der Waals surface area contributed by atoms with E-state index in [0.717, 1.165) is 22.5 Å². The van der Waals surface area contributed by atoms with Crippen LogP contribution in [0.4, 0.5) is 14.6 Å². The second kappa shape index (κ2) is 7.93. The lowest BCUT2D eigenvalue weighted by atomic mass is 10.3. The van der Waals surface area contributed by atoms with Crippen LogP contribution in [-0.2, 0) is 16.6 Å². The van der Waals surface area contributed by atoms with Crippen molar-refractivity contribution in [2.24, 2.45) is 0 Å². The predicted octanol–water partition coefficient (Wildman–Crippen LogP) is 4.32. The number of sulfonamides is 1. The Bertz CT molecular complexity index is 999. The maximum absolute atomic E-state index is 13.1. The maximum atomic E-state index is 13.1. The number of furan rings is 1. The van der Waals surface area contributed by atoms with Gasteiger partial charge in [-0.1, -0.05) is 17.7 Å². The van der Waals surface area contributed by atoms with Crippen LogP contribution < -0.4 is 9.04 Å². The Morgan fingerprint density at radius 3 is 2.59 bits per heavy atom. The molecule has 0 atom stereocenters. The number of benzene rings is 1. The summed E-state index contributed by atoms with van der Waals surface area (Å²) in [5.74, 6) is 0.243. The zero-order chi connectivity index (χ0) is 19.4. The summed E-state index contributed by atoms with van der Waals surface area (Å²) in [6.07, 6.45) is 2.87. The highest BCUT2D eigenvalue weighted by Gasteiger charge is 2.28. The van der Waals surface area contributed by atoms with Gasteiger partial charge in [0, 0.05) is 6.20 Å². The van der Waals surface area contributed by atoms with Crippen LogP contribution in [0.3, 0.4) is 0 Å². The van der Waals surface area contributed by atoms with Crippen molar-refractivity contribution in [1.29, 1.82) is 0 Å². The van der Waals surface area contributed by atoms with Crippen molar-refractivity contribution in [2.75, 3.05) is 4.31 Å². The van der Waals surface area contributed by atoms with Crippen molar-refractivity contribution < 1.29 is 26.4 Å². The van der Waals surface area contributed by atoms with Gasteiger partial charge in [-0.3, -0.25) is 0 Å². The number of ether oxygens (including phenoxy) is 1. The number of nitrogens with zero attached hydrogens (tertiary/aromatic N) is 2. The van der Waals surface area contributed by atoms with E-state index in [1.807, 2.05) is 0 Å². The molecule has 6 nitrogen and oxygen atoms in total. The summed E-state index contributed by atoms with van der Waals surface area (Å²) in [4.78, 5) is 3.88.